The minimum Gasteiger partial charge on any atom is -0.489 e. The maximum Gasteiger partial charge on any atom is 0.310 e. The van der Waals surface area contributed by atoms with Crippen LogP contribution in [0.5, 0.6) is 5.75 Å². The van der Waals surface area contributed by atoms with Gasteiger partial charge in [0, 0.05) is 28.8 Å². The molecule has 1 unspecified atom stereocenters. The molecule has 2 aliphatic rings. The summed E-state index contributed by atoms with van der Waals surface area (Å²) in [5, 5.41) is 2.16. The van der Waals surface area contributed by atoms with Crippen LogP contribution in [0.15, 0.2) is 39.5 Å². The predicted octanol–water partition coefficient (Wildman–Crippen LogP) is 4.68. The van der Waals surface area contributed by atoms with Crippen molar-refractivity contribution in [3.05, 3.63) is 51.9 Å². The molecule has 1 aromatic heterocycles. The minimum atomic E-state index is -0.766. The van der Waals surface area contributed by atoms with Crippen LogP contribution in [0.25, 0.3) is 21.7 Å². The second kappa shape index (κ2) is 8.40. The van der Waals surface area contributed by atoms with Crippen LogP contribution >= 0.6 is 0 Å². The molecule has 1 atom stereocenters. The molecule has 3 aromatic rings. The summed E-state index contributed by atoms with van der Waals surface area (Å²) in [6.07, 6.45) is 1.16. The van der Waals surface area contributed by atoms with Crippen LogP contribution in [0.2, 0.25) is 0 Å². The fourth-order valence-electron chi connectivity index (χ4n) is 4.90. The molecule has 180 valence electrons. The van der Waals surface area contributed by atoms with Crippen molar-refractivity contribution in [3.63, 3.8) is 0 Å². The summed E-state index contributed by atoms with van der Waals surface area (Å²) in [4.78, 5) is 25.8. The molecule has 0 amide bonds. The Morgan fingerprint density at radius 1 is 1.15 bits per heavy atom. The molecule has 0 N–H and O–H groups in total. The van der Waals surface area contributed by atoms with Gasteiger partial charge in [-0.15, -0.1) is 0 Å². The van der Waals surface area contributed by atoms with Crippen LogP contribution in [0.1, 0.15) is 51.9 Å². The highest BCUT2D eigenvalue weighted by molar-refractivity contribution is 6.09. The lowest BCUT2D eigenvalue weighted by Gasteiger charge is -2.25. The van der Waals surface area contributed by atoms with Crippen LogP contribution in [0.3, 0.4) is 0 Å². The van der Waals surface area contributed by atoms with Gasteiger partial charge in [-0.3, -0.25) is 9.59 Å². The number of hydrogen-bond acceptors (Lipinski definition) is 7. The van der Waals surface area contributed by atoms with Crippen molar-refractivity contribution >= 4 is 27.7 Å². The topological polar surface area (TPSA) is 84.2 Å². The summed E-state index contributed by atoms with van der Waals surface area (Å²) < 4.78 is 29.7. The monoisotopic (exact) mass is 466 g/mol. The molecule has 34 heavy (non-hydrogen) atoms. The number of carbonyl (C=O) groups is 1. The van der Waals surface area contributed by atoms with E-state index in [1.807, 2.05) is 52.0 Å². The molecule has 0 saturated carbocycles. The third kappa shape index (κ3) is 4.18. The maximum atomic E-state index is 13.4. The standard InChI is InChI=1S/C27H30O7/c1-5-27(30-10-11-31-27)15-17-13-21(28)23-20-12-16(14-22(29)34-26(2,3)4)32-24(20)18-8-6-7-9-19(18)25(23)33-17/h6-9,13,16H,5,10-12,14-15H2,1-4H3. The van der Waals surface area contributed by atoms with E-state index in [1.165, 1.54) is 6.07 Å². The fourth-order valence-corrected chi connectivity index (χ4v) is 4.90. The molecule has 0 bridgehead atoms. The van der Waals surface area contributed by atoms with Gasteiger partial charge >= 0.3 is 5.97 Å². The summed E-state index contributed by atoms with van der Waals surface area (Å²) in [5.74, 6) is 0.0760. The number of esters is 1. The van der Waals surface area contributed by atoms with Gasteiger partial charge in [0.1, 0.15) is 28.8 Å². The average molecular weight is 467 g/mol. The Balaban J connectivity index is 1.57. The number of benzene rings is 2. The number of fused-ring (bicyclic) bond motifs is 6. The maximum absolute atomic E-state index is 13.4. The highest BCUT2D eigenvalue weighted by atomic mass is 16.7. The van der Waals surface area contributed by atoms with Crippen LogP contribution in [-0.4, -0.2) is 36.7 Å². The molecule has 1 fully saturated rings. The van der Waals surface area contributed by atoms with Gasteiger partial charge < -0.3 is 23.4 Å². The van der Waals surface area contributed by atoms with Crippen LogP contribution in [0.4, 0.5) is 0 Å². The molecular formula is C27H30O7. The lowest BCUT2D eigenvalue weighted by atomic mass is 9.97. The second-order valence-electron chi connectivity index (χ2n) is 10.0. The van der Waals surface area contributed by atoms with Crippen molar-refractivity contribution in [1.82, 2.24) is 0 Å². The number of hydrogen-bond donors (Lipinski definition) is 0. The highest BCUT2D eigenvalue weighted by Gasteiger charge is 2.37. The third-order valence-electron chi connectivity index (χ3n) is 6.32. The van der Waals surface area contributed by atoms with Crippen molar-refractivity contribution in [2.24, 2.45) is 0 Å². The summed E-state index contributed by atoms with van der Waals surface area (Å²) in [6, 6.07) is 9.24. The Kier molecular flexibility index (Phi) is 5.65. The molecule has 0 aliphatic carbocycles. The molecule has 7 heteroatoms. The lowest BCUT2D eigenvalue weighted by Crippen LogP contribution is -2.32. The molecule has 3 heterocycles. The Morgan fingerprint density at radius 3 is 2.53 bits per heavy atom. The summed E-state index contributed by atoms with van der Waals surface area (Å²) in [7, 11) is 0. The summed E-state index contributed by atoms with van der Waals surface area (Å²) in [6.45, 7) is 8.56. The van der Waals surface area contributed by atoms with Crippen LogP contribution < -0.4 is 10.2 Å². The summed E-state index contributed by atoms with van der Waals surface area (Å²) >= 11 is 0. The second-order valence-corrected chi connectivity index (χ2v) is 10.0. The van der Waals surface area contributed by atoms with Gasteiger partial charge in [0.05, 0.1) is 31.4 Å². The normalized spacial score (nSPS) is 19.4. The van der Waals surface area contributed by atoms with E-state index in [0.717, 1.165) is 16.3 Å². The first kappa shape index (κ1) is 22.9. The van der Waals surface area contributed by atoms with Crippen molar-refractivity contribution in [2.75, 3.05) is 13.2 Å². The van der Waals surface area contributed by atoms with E-state index in [0.29, 0.717) is 55.0 Å². The van der Waals surface area contributed by atoms with Gasteiger partial charge in [-0.2, -0.15) is 0 Å². The Bertz CT molecular complexity index is 1310. The molecule has 0 radical (unpaired) electrons. The summed E-state index contributed by atoms with van der Waals surface area (Å²) in [5.41, 5.74) is 0.606. The van der Waals surface area contributed by atoms with Gasteiger partial charge in [-0.25, -0.2) is 0 Å². The van der Waals surface area contributed by atoms with E-state index in [2.05, 4.69) is 0 Å². The highest BCUT2D eigenvalue weighted by Crippen LogP contribution is 2.43. The average Bonchev–Trinajstić information content (AvgIpc) is 3.40. The number of rotatable bonds is 5. The smallest absolute Gasteiger partial charge is 0.310 e. The molecule has 5 rings (SSSR count). The van der Waals surface area contributed by atoms with Crippen LogP contribution in [-0.2, 0) is 31.8 Å². The van der Waals surface area contributed by atoms with E-state index in [1.54, 1.807) is 0 Å². The molecule has 2 aromatic carbocycles. The first-order chi connectivity index (χ1) is 16.2. The largest absolute Gasteiger partial charge is 0.489 e. The first-order valence-corrected chi connectivity index (χ1v) is 11.8. The van der Waals surface area contributed by atoms with E-state index in [9.17, 15) is 9.59 Å². The van der Waals surface area contributed by atoms with E-state index < -0.39 is 17.5 Å². The molecule has 0 spiro atoms. The fraction of sp³-hybridized carbons (Fsp3) is 0.481. The Hall–Kier alpha value is -2.90. The number of carbonyl (C=O) groups excluding carboxylic acids is 1. The molecule has 2 aliphatic heterocycles. The van der Waals surface area contributed by atoms with Crippen molar-refractivity contribution in [2.45, 2.75) is 70.9 Å². The molecule has 7 nitrogen and oxygen atoms in total. The Labute approximate surface area is 197 Å². The first-order valence-electron chi connectivity index (χ1n) is 11.8. The van der Waals surface area contributed by atoms with Gasteiger partial charge in [-0.05, 0) is 27.2 Å². The van der Waals surface area contributed by atoms with Gasteiger partial charge in [0.25, 0.3) is 0 Å². The van der Waals surface area contributed by atoms with Gasteiger partial charge in [-0.1, -0.05) is 31.2 Å². The predicted molar refractivity (Wildman–Crippen MR) is 127 cm³/mol. The zero-order valence-corrected chi connectivity index (χ0v) is 20.1. The number of ether oxygens (including phenoxy) is 4. The van der Waals surface area contributed by atoms with E-state index in [4.69, 9.17) is 23.4 Å². The minimum absolute atomic E-state index is 0.110. The Morgan fingerprint density at radius 2 is 1.85 bits per heavy atom. The van der Waals surface area contributed by atoms with Crippen molar-refractivity contribution in [3.8, 4) is 5.75 Å². The molecular weight excluding hydrogens is 436 g/mol. The van der Waals surface area contributed by atoms with Gasteiger partial charge in [0.15, 0.2) is 11.2 Å². The lowest BCUT2D eigenvalue weighted by molar-refractivity contribution is -0.160. The quantitative estimate of drug-likeness (QED) is 0.399. The SMILES string of the molecule is CCC1(Cc2cc(=O)c3c4c(c5ccccc5c3o2)OC(CC(=O)OC(C)(C)C)C4)OCCO1. The van der Waals surface area contributed by atoms with Gasteiger partial charge in [0.2, 0.25) is 0 Å². The van der Waals surface area contributed by atoms with E-state index in [-0.39, 0.29) is 17.8 Å². The van der Waals surface area contributed by atoms with Crippen LogP contribution in [0, 0.1) is 0 Å². The zero-order valence-electron chi connectivity index (χ0n) is 20.1. The van der Waals surface area contributed by atoms with Crippen molar-refractivity contribution < 1.29 is 28.2 Å². The van der Waals surface area contributed by atoms with Crippen molar-refractivity contribution in [1.29, 1.82) is 0 Å². The molecule has 1 saturated heterocycles. The zero-order chi connectivity index (χ0) is 24.1. The van der Waals surface area contributed by atoms with E-state index >= 15 is 0 Å². The third-order valence-corrected chi connectivity index (χ3v) is 6.32.